The first kappa shape index (κ1) is 15.4. The van der Waals surface area contributed by atoms with Gasteiger partial charge in [-0.3, -0.25) is 4.79 Å². The van der Waals surface area contributed by atoms with Crippen molar-refractivity contribution in [1.29, 1.82) is 0 Å². The van der Waals surface area contributed by atoms with Crippen molar-refractivity contribution in [1.82, 2.24) is 15.2 Å². The second-order valence-corrected chi connectivity index (χ2v) is 5.16. The molecule has 0 aliphatic rings. The van der Waals surface area contributed by atoms with E-state index < -0.39 is 11.7 Å². The fourth-order valence-corrected chi connectivity index (χ4v) is 1.34. The van der Waals surface area contributed by atoms with Gasteiger partial charge in [-0.15, -0.1) is 0 Å². The quantitative estimate of drug-likeness (QED) is 0.846. The van der Waals surface area contributed by atoms with Crippen LogP contribution in [-0.2, 0) is 0 Å². The van der Waals surface area contributed by atoms with Crippen LogP contribution < -0.4 is 10.6 Å². The molecular weight excluding hydrogens is 247 g/mol. The van der Waals surface area contributed by atoms with E-state index in [-0.39, 0.29) is 16.9 Å². The predicted octanol–water partition coefficient (Wildman–Crippen LogP) is 1.33. The Morgan fingerprint density at radius 2 is 2.11 bits per heavy atom. The van der Waals surface area contributed by atoms with Crippen LogP contribution in [0, 0.1) is 5.82 Å². The Kier molecular flexibility index (Phi) is 4.83. The van der Waals surface area contributed by atoms with Crippen LogP contribution in [0.4, 0.5) is 10.2 Å². The molecule has 0 saturated carbocycles. The van der Waals surface area contributed by atoms with Crippen LogP contribution in [0.2, 0.25) is 0 Å². The lowest BCUT2D eigenvalue weighted by Gasteiger charge is -2.32. The van der Waals surface area contributed by atoms with Crippen LogP contribution in [0.3, 0.4) is 0 Å². The average molecular weight is 268 g/mol. The fourth-order valence-electron chi connectivity index (χ4n) is 1.34. The van der Waals surface area contributed by atoms with Gasteiger partial charge in [0.25, 0.3) is 5.91 Å². The molecule has 0 aliphatic heterocycles. The Bertz CT molecular complexity index is 460. The second kappa shape index (κ2) is 5.97. The third kappa shape index (κ3) is 3.64. The predicted molar refractivity (Wildman–Crippen MR) is 73.8 cm³/mol. The van der Waals surface area contributed by atoms with Gasteiger partial charge in [0.05, 0.1) is 5.56 Å². The first-order chi connectivity index (χ1) is 8.79. The summed E-state index contributed by atoms with van der Waals surface area (Å²) in [5.74, 6) is -1.00. The van der Waals surface area contributed by atoms with Crippen molar-refractivity contribution < 1.29 is 9.18 Å². The summed E-state index contributed by atoms with van der Waals surface area (Å²) in [6.07, 6.45) is 1.40. The van der Waals surface area contributed by atoms with E-state index in [0.29, 0.717) is 6.54 Å². The van der Waals surface area contributed by atoms with E-state index in [1.165, 1.54) is 12.3 Å². The van der Waals surface area contributed by atoms with E-state index >= 15 is 0 Å². The molecule has 0 atom stereocenters. The van der Waals surface area contributed by atoms with E-state index in [9.17, 15) is 9.18 Å². The van der Waals surface area contributed by atoms with Crippen LogP contribution >= 0.6 is 0 Å². The number of rotatable bonds is 5. The van der Waals surface area contributed by atoms with Crippen LogP contribution in [0.15, 0.2) is 12.3 Å². The monoisotopic (exact) mass is 268 g/mol. The Balaban J connectivity index is 2.80. The highest BCUT2D eigenvalue weighted by molar-refractivity contribution is 5.95. The third-order valence-electron chi connectivity index (χ3n) is 3.26. The summed E-state index contributed by atoms with van der Waals surface area (Å²) in [5, 5.41) is 5.34. The van der Waals surface area contributed by atoms with E-state index in [1.54, 1.807) is 7.05 Å². The van der Waals surface area contributed by atoms with E-state index in [1.807, 2.05) is 32.8 Å². The maximum absolute atomic E-state index is 13.9. The molecule has 106 valence electrons. The van der Waals surface area contributed by atoms with E-state index in [4.69, 9.17) is 0 Å². The highest BCUT2D eigenvalue weighted by Crippen LogP contribution is 2.15. The van der Waals surface area contributed by atoms with Crippen LogP contribution in [0.5, 0.6) is 0 Å². The topological polar surface area (TPSA) is 57.3 Å². The van der Waals surface area contributed by atoms with Crippen molar-refractivity contribution in [2.24, 2.45) is 0 Å². The number of halogens is 1. The molecule has 1 aromatic heterocycles. The molecule has 6 heteroatoms. The highest BCUT2D eigenvalue weighted by Gasteiger charge is 2.22. The van der Waals surface area contributed by atoms with Gasteiger partial charge < -0.3 is 15.5 Å². The highest BCUT2D eigenvalue weighted by atomic mass is 19.1. The van der Waals surface area contributed by atoms with Crippen molar-refractivity contribution >= 4 is 11.7 Å². The lowest BCUT2D eigenvalue weighted by molar-refractivity contribution is 0.0915. The summed E-state index contributed by atoms with van der Waals surface area (Å²) >= 11 is 0. The minimum absolute atomic E-state index is 0.00564. The maximum atomic E-state index is 13.9. The van der Waals surface area contributed by atoms with Crippen molar-refractivity contribution in [2.45, 2.75) is 19.4 Å². The zero-order chi connectivity index (χ0) is 14.6. The van der Waals surface area contributed by atoms with Gasteiger partial charge in [-0.2, -0.15) is 0 Å². The Morgan fingerprint density at radius 3 is 2.63 bits per heavy atom. The van der Waals surface area contributed by atoms with Crippen LogP contribution in [0.1, 0.15) is 24.2 Å². The molecule has 1 heterocycles. The Hall–Kier alpha value is -1.69. The Morgan fingerprint density at radius 1 is 1.47 bits per heavy atom. The van der Waals surface area contributed by atoms with Crippen LogP contribution in [-0.4, -0.2) is 49.0 Å². The summed E-state index contributed by atoms with van der Waals surface area (Å²) in [5.41, 5.74) is -0.209. The van der Waals surface area contributed by atoms with E-state index in [0.717, 1.165) is 0 Å². The minimum Gasteiger partial charge on any atom is -0.371 e. The number of carbonyl (C=O) groups is 1. The Labute approximate surface area is 113 Å². The van der Waals surface area contributed by atoms with Gasteiger partial charge in [-0.05, 0) is 34.0 Å². The van der Waals surface area contributed by atoms with Gasteiger partial charge in [0.15, 0.2) is 11.6 Å². The molecule has 1 amide bonds. The smallest absolute Gasteiger partial charge is 0.254 e. The first-order valence-electron chi connectivity index (χ1n) is 6.07. The summed E-state index contributed by atoms with van der Waals surface area (Å²) in [6.45, 7) is 4.42. The fraction of sp³-hybridized carbons (Fsp3) is 0.538. The van der Waals surface area contributed by atoms with Gasteiger partial charge in [0, 0.05) is 25.3 Å². The maximum Gasteiger partial charge on any atom is 0.254 e. The number of pyridine rings is 1. The number of amides is 1. The summed E-state index contributed by atoms with van der Waals surface area (Å²) in [6, 6.07) is 1.37. The van der Waals surface area contributed by atoms with Gasteiger partial charge in [-0.1, -0.05) is 0 Å². The molecule has 2 N–H and O–H groups in total. The minimum atomic E-state index is -0.634. The molecule has 19 heavy (non-hydrogen) atoms. The number of likely N-dealkylation sites (N-methyl/N-ethyl adjacent to an activating group) is 1. The molecular formula is C13H21FN4O. The molecule has 0 aromatic carbocycles. The molecule has 0 aliphatic carbocycles. The van der Waals surface area contributed by atoms with Gasteiger partial charge in [0.2, 0.25) is 0 Å². The molecule has 0 spiro atoms. The zero-order valence-corrected chi connectivity index (χ0v) is 12.0. The summed E-state index contributed by atoms with van der Waals surface area (Å²) in [7, 11) is 5.42. The molecule has 0 fully saturated rings. The molecule has 0 saturated heterocycles. The number of nitrogens with one attached hydrogen (secondary N) is 2. The van der Waals surface area contributed by atoms with Gasteiger partial charge >= 0.3 is 0 Å². The molecule has 0 radical (unpaired) electrons. The normalized spacial score (nSPS) is 11.5. The second-order valence-electron chi connectivity index (χ2n) is 5.16. The number of nitrogens with zero attached hydrogens (tertiary/aromatic N) is 2. The SMILES string of the molecule is CNc1nccc(C(=O)NCC(C)(C)N(C)C)c1F. The molecule has 5 nitrogen and oxygen atoms in total. The van der Waals surface area contributed by atoms with Crippen LogP contribution in [0.25, 0.3) is 0 Å². The van der Waals surface area contributed by atoms with Gasteiger partial charge in [0.1, 0.15) is 0 Å². The van der Waals surface area contributed by atoms with Crippen molar-refractivity contribution in [3.63, 3.8) is 0 Å². The first-order valence-corrected chi connectivity index (χ1v) is 6.07. The lowest BCUT2D eigenvalue weighted by atomic mass is 10.0. The van der Waals surface area contributed by atoms with E-state index in [2.05, 4.69) is 15.6 Å². The number of carbonyl (C=O) groups excluding carboxylic acids is 1. The summed E-state index contributed by atoms with van der Waals surface area (Å²) in [4.78, 5) is 17.8. The number of aromatic nitrogens is 1. The largest absolute Gasteiger partial charge is 0.371 e. The molecule has 1 aromatic rings. The molecule has 0 unspecified atom stereocenters. The third-order valence-corrected chi connectivity index (χ3v) is 3.26. The number of hydrogen-bond acceptors (Lipinski definition) is 4. The summed E-state index contributed by atoms with van der Waals surface area (Å²) < 4.78 is 13.9. The lowest BCUT2D eigenvalue weighted by Crippen LogP contribution is -2.48. The average Bonchev–Trinajstić information content (AvgIpc) is 2.36. The molecule has 0 bridgehead atoms. The van der Waals surface area contributed by atoms with Crippen molar-refractivity contribution in [3.8, 4) is 0 Å². The van der Waals surface area contributed by atoms with Gasteiger partial charge in [-0.25, -0.2) is 9.37 Å². The van der Waals surface area contributed by atoms with Crippen molar-refractivity contribution in [3.05, 3.63) is 23.6 Å². The molecule has 1 rings (SSSR count). The van der Waals surface area contributed by atoms with Crippen molar-refractivity contribution in [2.75, 3.05) is 33.0 Å². The number of anilines is 1. The zero-order valence-electron chi connectivity index (χ0n) is 12.0. The number of hydrogen-bond donors (Lipinski definition) is 2. The standard InChI is InChI=1S/C13H21FN4O/c1-13(2,18(4)5)8-17-12(19)9-6-7-16-11(15-3)10(9)14/h6-7H,8H2,1-5H3,(H,15,16)(H,17,19).